The van der Waals surface area contributed by atoms with Crippen LogP contribution in [0.1, 0.15) is 42.6 Å². The molecule has 2 atom stereocenters. The van der Waals surface area contributed by atoms with E-state index in [0.717, 1.165) is 11.1 Å². The van der Waals surface area contributed by atoms with Gasteiger partial charge in [-0.1, -0.05) is 70.1 Å². The number of hydrogen-bond acceptors (Lipinski definition) is 6. The first kappa shape index (κ1) is 31.8. The highest BCUT2D eigenvalue weighted by Crippen LogP contribution is 2.45. The van der Waals surface area contributed by atoms with Gasteiger partial charge in [0.15, 0.2) is 0 Å². The molecule has 222 valence electrons. The molecule has 1 saturated heterocycles. The van der Waals surface area contributed by atoms with Gasteiger partial charge in [-0.3, -0.25) is 14.7 Å². The molecule has 0 aliphatic carbocycles. The molecule has 9 nitrogen and oxygen atoms in total. The van der Waals surface area contributed by atoms with E-state index in [9.17, 15) is 9.59 Å². The van der Waals surface area contributed by atoms with Crippen LogP contribution in [-0.2, 0) is 4.79 Å². The zero-order valence-corrected chi connectivity index (χ0v) is 27.2. The molecule has 0 bridgehead atoms. The minimum Gasteiger partial charge on any atom is -0.493 e. The molecule has 3 amide bonds. The maximum absolute atomic E-state index is 14.3. The predicted molar refractivity (Wildman–Crippen MR) is 173 cm³/mol. The Morgan fingerprint density at radius 3 is 2.21 bits per heavy atom. The number of piperazine rings is 1. The van der Waals surface area contributed by atoms with Crippen molar-refractivity contribution in [2.75, 3.05) is 37.8 Å². The Morgan fingerprint density at radius 1 is 1.00 bits per heavy atom. The van der Waals surface area contributed by atoms with Crippen LogP contribution in [-0.4, -0.2) is 70.3 Å². The lowest BCUT2D eigenvalue weighted by Gasteiger charge is -2.35. The first-order valence-corrected chi connectivity index (χ1v) is 16.4. The van der Waals surface area contributed by atoms with Crippen LogP contribution < -0.4 is 14.8 Å². The molecule has 1 N–H and O–H groups in total. The number of nitrogens with one attached hydrogen (secondary N) is 1. The van der Waals surface area contributed by atoms with Gasteiger partial charge in [0, 0.05) is 35.4 Å². The second-order valence-electron chi connectivity index (χ2n) is 9.25. The standard InChI is InChI=1S/C29H29Cl2N5O4.CH3I/c1-3-39-23-15-25(40-4-2)33-16-22(23)28-34-26(18-5-9-20(30)10-6-18)27(19-7-11-21(31)12-8-19)36(28)29(38)35-14-13-32-24(37)17-35;1-2/h5-12,15-16,26-27H,3-4,13-14,17H2,1-2H3,(H,32,37);1H3/t26-,27+;/m0./s1. The predicted octanol–water partition coefficient (Wildman–Crippen LogP) is 6.33. The van der Waals surface area contributed by atoms with Crippen LogP contribution >= 0.6 is 45.8 Å². The number of halogens is 3. The van der Waals surface area contributed by atoms with E-state index in [1.165, 1.54) is 4.90 Å². The van der Waals surface area contributed by atoms with Crippen LogP contribution in [0.15, 0.2) is 65.8 Å². The number of carbonyl (C=O) groups is 2. The number of amidine groups is 1. The van der Waals surface area contributed by atoms with Crippen LogP contribution in [0.5, 0.6) is 11.6 Å². The van der Waals surface area contributed by atoms with Gasteiger partial charge >= 0.3 is 6.03 Å². The third-order valence-corrected chi connectivity index (χ3v) is 7.18. The lowest BCUT2D eigenvalue weighted by molar-refractivity contribution is -0.123. The topological polar surface area (TPSA) is 96.4 Å². The smallest absolute Gasteiger partial charge is 0.326 e. The Hall–Kier alpha value is -3.09. The number of carbonyl (C=O) groups excluding carboxylic acids is 2. The van der Waals surface area contributed by atoms with Crippen LogP contribution in [0.2, 0.25) is 10.0 Å². The van der Waals surface area contributed by atoms with Gasteiger partial charge in [0.1, 0.15) is 24.2 Å². The van der Waals surface area contributed by atoms with Crippen LogP contribution in [0.25, 0.3) is 0 Å². The van der Waals surface area contributed by atoms with Gasteiger partial charge in [-0.2, -0.15) is 0 Å². The van der Waals surface area contributed by atoms with E-state index in [0.29, 0.717) is 59.4 Å². The number of alkyl halides is 1. The molecule has 0 spiro atoms. The van der Waals surface area contributed by atoms with E-state index < -0.39 is 12.1 Å². The largest absolute Gasteiger partial charge is 0.493 e. The van der Waals surface area contributed by atoms with Crippen molar-refractivity contribution >= 4 is 63.6 Å². The summed E-state index contributed by atoms with van der Waals surface area (Å²) in [6, 6.07) is 15.1. The normalized spacial score (nSPS) is 18.0. The molecule has 3 heterocycles. The average Bonchev–Trinajstić information content (AvgIpc) is 3.39. The highest BCUT2D eigenvalue weighted by Gasteiger charge is 2.45. The van der Waals surface area contributed by atoms with Crippen molar-refractivity contribution in [3.05, 3.63) is 87.5 Å². The number of ether oxygens (including phenoxy) is 2. The second-order valence-corrected chi connectivity index (χ2v) is 10.1. The second kappa shape index (κ2) is 14.9. The lowest BCUT2D eigenvalue weighted by atomic mass is 9.93. The number of aromatic nitrogens is 1. The molecule has 12 heteroatoms. The van der Waals surface area contributed by atoms with E-state index >= 15 is 0 Å². The first-order valence-electron chi connectivity index (χ1n) is 13.5. The molecule has 3 aromatic rings. The molecule has 2 aliphatic rings. The molecule has 1 fully saturated rings. The van der Waals surface area contributed by atoms with Crippen molar-refractivity contribution in [3.63, 3.8) is 0 Å². The Balaban J connectivity index is 0.00000198. The molecule has 42 heavy (non-hydrogen) atoms. The average molecular weight is 724 g/mol. The Labute approximate surface area is 269 Å². The zero-order valence-electron chi connectivity index (χ0n) is 23.5. The number of urea groups is 1. The van der Waals surface area contributed by atoms with Crippen molar-refractivity contribution in [3.8, 4) is 11.6 Å². The fraction of sp³-hybridized carbons (Fsp3) is 0.333. The summed E-state index contributed by atoms with van der Waals surface area (Å²) < 4.78 is 11.6. The van der Waals surface area contributed by atoms with Crippen LogP contribution in [0, 0.1) is 0 Å². The molecule has 0 unspecified atom stereocenters. The Bertz CT molecular complexity index is 1420. The first-order chi connectivity index (χ1) is 20.4. The van der Waals surface area contributed by atoms with Gasteiger partial charge in [-0.15, -0.1) is 0 Å². The molecule has 1 aromatic heterocycles. The molecular weight excluding hydrogens is 692 g/mol. The highest BCUT2D eigenvalue weighted by atomic mass is 127. The van der Waals surface area contributed by atoms with Crippen LogP contribution in [0.4, 0.5) is 4.79 Å². The van der Waals surface area contributed by atoms with E-state index in [1.807, 2.05) is 43.0 Å². The fourth-order valence-corrected chi connectivity index (χ4v) is 5.15. The number of pyridine rings is 1. The summed E-state index contributed by atoms with van der Waals surface area (Å²) in [5, 5.41) is 3.95. The van der Waals surface area contributed by atoms with Crippen molar-refractivity contribution in [2.24, 2.45) is 4.99 Å². The summed E-state index contributed by atoms with van der Waals surface area (Å²) in [5.74, 6) is 1.06. The third kappa shape index (κ3) is 7.09. The van der Waals surface area contributed by atoms with E-state index in [-0.39, 0.29) is 18.5 Å². The Morgan fingerprint density at radius 2 is 1.62 bits per heavy atom. The fourth-order valence-electron chi connectivity index (χ4n) is 4.90. The molecular formula is C30H32Cl2IN5O4. The number of amides is 3. The maximum Gasteiger partial charge on any atom is 0.326 e. The number of aliphatic imine (C=N–C) groups is 1. The van der Waals surface area contributed by atoms with Gasteiger partial charge in [0.25, 0.3) is 0 Å². The van der Waals surface area contributed by atoms with Gasteiger partial charge in [0.05, 0.1) is 24.8 Å². The number of benzene rings is 2. The van der Waals surface area contributed by atoms with E-state index in [1.54, 1.807) is 41.4 Å². The lowest BCUT2D eigenvalue weighted by Crippen LogP contribution is -2.55. The van der Waals surface area contributed by atoms with Crippen molar-refractivity contribution in [2.45, 2.75) is 25.9 Å². The third-order valence-electron chi connectivity index (χ3n) is 6.68. The van der Waals surface area contributed by atoms with E-state index in [4.69, 9.17) is 37.7 Å². The van der Waals surface area contributed by atoms with E-state index in [2.05, 4.69) is 32.9 Å². The molecule has 2 aromatic carbocycles. The number of nitrogens with zero attached hydrogens (tertiary/aromatic N) is 4. The molecule has 2 aliphatic heterocycles. The minimum absolute atomic E-state index is 0.0542. The summed E-state index contributed by atoms with van der Waals surface area (Å²) in [5.41, 5.74) is 2.23. The SMILES string of the molecule is CCOc1cc(OCC)c(C2=N[C@@H](c3ccc(Cl)cc3)[C@@H](c3ccc(Cl)cc3)N2C(=O)N2CCNC(=O)C2)cn1.CI. The quantitative estimate of drug-likeness (QED) is 0.227. The van der Waals surface area contributed by atoms with Gasteiger partial charge in [-0.25, -0.2) is 9.78 Å². The van der Waals surface area contributed by atoms with Crippen LogP contribution in [0.3, 0.4) is 0 Å². The Kier molecular flexibility index (Phi) is 11.3. The molecule has 5 rings (SSSR count). The summed E-state index contributed by atoms with van der Waals surface area (Å²) in [6.45, 7) is 5.26. The van der Waals surface area contributed by atoms with Crippen molar-refractivity contribution in [1.82, 2.24) is 20.1 Å². The number of hydrogen-bond donors (Lipinski definition) is 1. The summed E-state index contributed by atoms with van der Waals surface area (Å²) in [6.07, 6.45) is 1.61. The van der Waals surface area contributed by atoms with Gasteiger partial charge < -0.3 is 19.7 Å². The summed E-state index contributed by atoms with van der Waals surface area (Å²) in [7, 11) is 0. The van der Waals surface area contributed by atoms with Gasteiger partial charge in [0.2, 0.25) is 11.8 Å². The minimum atomic E-state index is -0.549. The highest BCUT2D eigenvalue weighted by molar-refractivity contribution is 14.1. The monoisotopic (exact) mass is 723 g/mol. The summed E-state index contributed by atoms with van der Waals surface area (Å²) >= 11 is 14.6. The zero-order chi connectivity index (χ0) is 30.2. The molecule has 0 saturated carbocycles. The summed E-state index contributed by atoms with van der Waals surface area (Å²) in [4.78, 5) is 41.3. The number of rotatable bonds is 7. The van der Waals surface area contributed by atoms with Crippen molar-refractivity contribution in [1.29, 1.82) is 0 Å². The van der Waals surface area contributed by atoms with Crippen molar-refractivity contribution < 1.29 is 19.1 Å². The molecule has 0 radical (unpaired) electrons. The maximum atomic E-state index is 14.3. The van der Waals surface area contributed by atoms with Gasteiger partial charge in [-0.05, 0) is 54.2 Å².